The Morgan fingerprint density at radius 1 is 0.677 bits per heavy atom. The lowest BCUT2D eigenvalue weighted by molar-refractivity contribution is -0.864. The summed E-state index contributed by atoms with van der Waals surface area (Å²) in [5.74, 6) is -6.57. The Kier molecular flexibility index (Phi) is 38.2. The van der Waals surface area contributed by atoms with E-state index in [9.17, 15) is 29.7 Å². The van der Waals surface area contributed by atoms with E-state index in [-0.39, 0.29) is 13.0 Å². The molecule has 14 nitrogen and oxygen atoms in total. The molecule has 0 aliphatic carbocycles. The molecule has 0 radical (unpaired) electrons. The fourth-order valence-corrected chi connectivity index (χ4v) is 0.452. The molecular weight excluding hydrogens is 424 g/mol. The van der Waals surface area contributed by atoms with Crippen molar-refractivity contribution in [1.82, 2.24) is 0 Å². The number of nitriles is 1. The van der Waals surface area contributed by atoms with Crippen LogP contribution in [0.4, 0.5) is 0 Å². The van der Waals surface area contributed by atoms with Crippen LogP contribution in [0.1, 0.15) is 40.5 Å². The number of hydrogen-bond donors (Lipinski definition) is 0. The molecule has 0 aromatic heterocycles. The monoisotopic (exact) mass is 451 g/mol. The van der Waals surface area contributed by atoms with Crippen LogP contribution in [-0.4, -0.2) is 68.0 Å². The number of aliphatic carboxylic acids is 6. The van der Waals surface area contributed by atoms with Crippen LogP contribution < -0.4 is 30.6 Å². The number of hydrogen-bond acceptors (Lipinski definition) is 13. The number of nitrogens with zero attached hydrogens (tertiary/aromatic N) is 2. The largest absolute Gasteiger partial charge is 0.550 e. The maximum atomic E-state index is 9.89. The first-order chi connectivity index (χ1) is 13.7. The second-order valence-electron chi connectivity index (χ2n) is 5.73. The Labute approximate surface area is 180 Å². The van der Waals surface area contributed by atoms with Gasteiger partial charge < -0.3 is 63.9 Å². The standard InChI is InChI=1S/C5H11NO2.C3H3NO2.C3H6O2.3C2H4O2/c1-6(2,3)4-5(7)8;4-2-1-3(5)6;1-2-3(4)5;3*1-2(3)4/h4H2,1-3H3;1H2,(H,5,6);2H2,1H3,(H,4,5);3*1H3,(H,3,4)/p-5. The highest BCUT2D eigenvalue weighted by Crippen LogP contribution is 1.84. The van der Waals surface area contributed by atoms with Gasteiger partial charge in [-0.05, 0) is 27.2 Å². The highest BCUT2D eigenvalue weighted by atomic mass is 16.4. The van der Waals surface area contributed by atoms with Crippen LogP contribution in [0.25, 0.3) is 0 Å². The Balaban J connectivity index is -0.0000000620. The number of likely N-dealkylation sites (N-methyl/N-ethyl adjacent to an activating group) is 1. The average molecular weight is 451 g/mol. The summed E-state index contributed by atoms with van der Waals surface area (Å²) in [6, 6.07) is 1.41. The van der Waals surface area contributed by atoms with Crippen molar-refractivity contribution < 1.29 is 63.9 Å². The molecule has 0 aliphatic heterocycles. The van der Waals surface area contributed by atoms with Gasteiger partial charge in [0.1, 0.15) is 6.54 Å². The molecule has 0 aromatic rings. The summed E-state index contributed by atoms with van der Waals surface area (Å²) in [7, 11) is 5.40. The molecule has 0 fully saturated rings. The molecule has 0 aliphatic rings. The minimum atomic E-state index is -1.32. The Hall–Kier alpha value is -3.73. The van der Waals surface area contributed by atoms with E-state index in [2.05, 4.69) is 0 Å². The van der Waals surface area contributed by atoms with E-state index in [1.165, 1.54) is 13.0 Å². The van der Waals surface area contributed by atoms with Gasteiger partial charge in [0.05, 0.1) is 45.6 Å². The van der Waals surface area contributed by atoms with E-state index < -0.39 is 42.2 Å². The SMILES string of the molecule is CC(=O)[O-].CC(=O)[O-].CC(=O)[O-].CCC(=O)[O-].C[N+](C)(C)CC(=O)[O-].N#CCC(=O)[O-]. The number of carbonyl (C=O) groups excluding carboxylic acids is 6. The highest BCUT2D eigenvalue weighted by Gasteiger charge is 2.04. The van der Waals surface area contributed by atoms with Gasteiger partial charge in [-0.1, -0.05) is 6.92 Å². The molecule has 31 heavy (non-hydrogen) atoms. The molecule has 0 bridgehead atoms. The van der Waals surface area contributed by atoms with E-state index >= 15 is 0 Å². The number of rotatable bonds is 4. The predicted molar refractivity (Wildman–Crippen MR) is 90.5 cm³/mol. The van der Waals surface area contributed by atoms with E-state index in [1.54, 1.807) is 21.1 Å². The zero-order chi connectivity index (χ0) is 26.8. The first kappa shape index (κ1) is 41.6. The summed E-state index contributed by atoms with van der Waals surface area (Å²) in [4.78, 5) is 55.1. The van der Waals surface area contributed by atoms with Crippen molar-refractivity contribution in [1.29, 1.82) is 5.26 Å². The van der Waals surface area contributed by atoms with Crippen LogP contribution in [0.15, 0.2) is 0 Å². The van der Waals surface area contributed by atoms with Gasteiger partial charge in [0.25, 0.3) is 0 Å². The third-order valence-electron chi connectivity index (χ3n) is 1.12. The van der Waals surface area contributed by atoms with Crippen molar-refractivity contribution in [2.45, 2.75) is 40.5 Å². The number of carboxylic acid groups (broad SMARTS) is 6. The van der Waals surface area contributed by atoms with Gasteiger partial charge in [-0.3, -0.25) is 0 Å². The van der Waals surface area contributed by atoms with E-state index in [1.807, 2.05) is 0 Å². The molecule has 0 aromatic carbocycles. The van der Waals surface area contributed by atoms with Crippen LogP contribution in [0, 0.1) is 11.3 Å². The summed E-state index contributed by atoms with van der Waals surface area (Å²) in [6.07, 6.45) is -0.403. The lowest BCUT2D eigenvalue weighted by Gasteiger charge is -2.23. The first-order valence-electron chi connectivity index (χ1n) is 7.95. The maximum Gasteiger partial charge on any atom is 0.118 e. The van der Waals surface area contributed by atoms with E-state index in [0.717, 1.165) is 20.8 Å². The molecule has 0 amide bonds. The normalized spacial score (nSPS) is 7.81. The third kappa shape index (κ3) is 394. The zero-order valence-corrected chi connectivity index (χ0v) is 18.4. The van der Waals surface area contributed by atoms with Crippen LogP contribution in [0.2, 0.25) is 0 Å². The van der Waals surface area contributed by atoms with E-state index in [4.69, 9.17) is 35.0 Å². The van der Waals surface area contributed by atoms with Gasteiger partial charge in [-0.25, -0.2) is 0 Å². The Morgan fingerprint density at radius 3 is 0.903 bits per heavy atom. The Bertz CT molecular complexity index is 534. The second-order valence-corrected chi connectivity index (χ2v) is 5.73. The Morgan fingerprint density at radius 2 is 0.903 bits per heavy atom. The summed E-state index contributed by atoms with van der Waals surface area (Å²) in [5.41, 5.74) is 0. The molecule has 0 rings (SSSR count). The van der Waals surface area contributed by atoms with E-state index in [0.29, 0.717) is 4.48 Å². The third-order valence-corrected chi connectivity index (χ3v) is 1.12. The summed E-state index contributed by atoms with van der Waals surface area (Å²) in [5, 5.41) is 62.6. The molecule has 14 heteroatoms. The second kappa shape index (κ2) is 28.5. The summed E-state index contributed by atoms with van der Waals surface area (Å²) < 4.78 is 0.419. The lowest BCUT2D eigenvalue weighted by atomic mass is 10.5. The minimum absolute atomic E-state index is 0.0694. The molecular formula is C17H27N2O12-5. The highest BCUT2D eigenvalue weighted by molar-refractivity contribution is 5.66. The van der Waals surface area contributed by atoms with Crippen molar-refractivity contribution >= 4 is 35.8 Å². The maximum absolute atomic E-state index is 9.89. The minimum Gasteiger partial charge on any atom is -0.550 e. The topological polar surface area (TPSA) is 265 Å². The number of quaternary nitrogens is 1. The predicted octanol–water partition coefficient (Wildman–Crippen LogP) is -7.49. The summed E-state index contributed by atoms with van der Waals surface area (Å²) >= 11 is 0. The lowest BCUT2D eigenvalue weighted by Crippen LogP contribution is -2.45. The van der Waals surface area contributed by atoms with Crippen molar-refractivity contribution in [3.8, 4) is 6.07 Å². The molecule has 0 atom stereocenters. The molecule has 0 saturated carbocycles. The van der Waals surface area contributed by atoms with Crippen LogP contribution in [0.5, 0.6) is 0 Å². The average Bonchev–Trinajstić information content (AvgIpc) is 2.43. The van der Waals surface area contributed by atoms with Gasteiger partial charge in [-0.2, -0.15) is 5.26 Å². The smallest absolute Gasteiger partial charge is 0.118 e. The molecule has 0 spiro atoms. The first-order valence-corrected chi connectivity index (χ1v) is 7.95. The van der Waals surface area contributed by atoms with Gasteiger partial charge in [0.15, 0.2) is 0 Å². The fourth-order valence-electron chi connectivity index (χ4n) is 0.452. The van der Waals surface area contributed by atoms with Crippen molar-refractivity contribution in [3.63, 3.8) is 0 Å². The number of carbonyl (C=O) groups is 6. The summed E-state index contributed by atoms with van der Waals surface area (Å²) in [6.45, 7) is 4.52. The van der Waals surface area contributed by atoms with Crippen LogP contribution in [0.3, 0.4) is 0 Å². The van der Waals surface area contributed by atoms with Gasteiger partial charge in [0.2, 0.25) is 0 Å². The zero-order valence-electron chi connectivity index (χ0n) is 18.4. The molecule has 0 unspecified atom stereocenters. The number of carboxylic acids is 6. The fraction of sp³-hybridized carbons (Fsp3) is 0.588. The molecule has 0 heterocycles. The quantitative estimate of drug-likeness (QED) is 0.360. The van der Waals surface area contributed by atoms with Gasteiger partial charge in [-0.15, -0.1) is 0 Å². The molecule has 182 valence electrons. The van der Waals surface area contributed by atoms with Gasteiger partial charge in [0, 0.05) is 23.9 Å². The van der Waals surface area contributed by atoms with Crippen LogP contribution >= 0.6 is 0 Å². The van der Waals surface area contributed by atoms with Gasteiger partial charge >= 0.3 is 0 Å². The van der Waals surface area contributed by atoms with Crippen LogP contribution in [-0.2, 0) is 28.8 Å². The van der Waals surface area contributed by atoms with Crippen molar-refractivity contribution in [2.24, 2.45) is 0 Å². The molecule has 0 saturated heterocycles. The van der Waals surface area contributed by atoms with Crippen molar-refractivity contribution in [2.75, 3.05) is 27.7 Å². The van der Waals surface area contributed by atoms with Crippen molar-refractivity contribution in [3.05, 3.63) is 0 Å². The molecule has 0 N–H and O–H groups in total.